The second kappa shape index (κ2) is 15.9. The van der Waals surface area contributed by atoms with Gasteiger partial charge < -0.3 is 4.98 Å². The van der Waals surface area contributed by atoms with Crippen molar-refractivity contribution in [1.29, 1.82) is 0 Å². The maximum atomic E-state index is 4.83. The number of hydrogen-bond donors (Lipinski definition) is 0. The molecule has 10 rings (SSSR count). The molecule has 3 aromatic heterocycles. The Morgan fingerprint density at radius 1 is 0.788 bits per heavy atom. The SMILES string of the molecule is Cc1cc(-c2[c-]cccc2)nc[c]1[Ge]([CH3])([CH3])[CH3].[Ir].[c-]1ccc2c(sc3cccc(-c4ccccc4)c32)c1-c1cc(CC2CC3CCC2CC3)ccn1. The summed E-state index contributed by atoms with van der Waals surface area (Å²) < 4.78 is 4.11. The minimum atomic E-state index is -1.77. The Bertz CT molecular complexity index is 2280. The molecule has 265 valence electrons. The molecule has 3 aliphatic rings. The maximum Gasteiger partial charge on any atom is 0.0245 e. The molecule has 0 amide bonds. The minimum Gasteiger partial charge on any atom is -0.305 e. The fraction of sp³-hybridized carbons (Fsp3) is 0.277. The van der Waals surface area contributed by atoms with Crippen LogP contribution in [0, 0.1) is 36.8 Å². The normalized spacial score (nSPS) is 18.1. The van der Waals surface area contributed by atoms with Gasteiger partial charge in [0.1, 0.15) is 0 Å². The number of pyridine rings is 2. The molecule has 5 heteroatoms. The third kappa shape index (κ3) is 7.78. The smallest absolute Gasteiger partial charge is 0.0245 e. The van der Waals surface area contributed by atoms with Gasteiger partial charge in [0.05, 0.1) is 0 Å². The zero-order chi connectivity index (χ0) is 35.0. The molecular formula is C47H46GeIrN2S-2. The van der Waals surface area contributed by atoms with E-state index in [4.69, 9.17) is 4.98 Å². The second-order valence-corrected chi connectivity index (χ2v) is 27.3. The van der Waals surface area contributed by atoms with Crippen LogP contribution in [0.4, 0.5) is 0 Å². The van der Waals surface area contributed by atoms with Crippen LogP contribution in [0.15, 0.2) is 116 Å². The van der Waals surface area contributed by atoms with Gasteiger partial charge in [0.15, 0.2) is 0 Å². The molecule has 2 nitrogen and oxygen atoms in total. The molecule has 3 heterocycles. The van der Waals surface area contributed by atoms with Crippen LogP contribution < -0.4 is 4.40 Å². The number of aryl methyl sites for hydroxylation is 1. The molecule has 0 spiro atoms. The van der Waals surface area contributed by atoms with Gasteiger partial charge in [-0.2, -0.15) is 11.3 Å². The molecule has 0 saturated heterocycles. The van der Waals surface area contributed by atoms with E-state index in [9.17, 15) is 0 Å². The zero-order valence-electron chi connectivity index (χ0n) is 30.6. The van der Waals surface area contributed by atoms with Crippen molar-refractivity contribution in [3.63, 3.8) is 0 Å². The number of hydrogen-bond acceptors (Lipinski definition) is 3. The summed E-state index contributed by atoms with van der Waals surface area (Å²) in [6, 6.07) is 43.3. The summed E-state index contributed by atoms with van der Waals surface area (Å²) in [4.78, 5) is 9.42. The van der Waals surface area contributed by atoms with Gasteiger partial charge in [-0.1, -0.05) is 72.3 Å². The Kier molecular flexibility index (Phi) is 11.3. The fourth-order valence-corrected chi connectivity index (χ4v) is 13.5. The van der Waals surface area contributed by atoms with Gasteiger partial charge in [-0.15, -0.1) is 23.8 Å². The van der Waals surface area contributed by atoms with Crippen LogP contribution in [0.5, 0.6) is 0 Å². The molecule has 1 atom stereocenters. The van der Waals surface area contributed by atoms with Crippen LogP contribution in [-0.4, -0.2) is 23.2 Å². The van der Waals surface area contributed by atoms with Crippen LogP contribution in [0.2, 0.25) is 17.3 Å². The molecule has 3 fully saturated rings. The number of rotatable bonds is 6. The molecule has 2 bridgehead atoms. The molecule has 1 unspecified atom stereocenters. The van der Waals surface area contributed by atoms with Crippen LogP contribution in [0.25, 0.3) is 53.8 Å². The molecule has 7 aromatic rings. The van der Waals surface area contributed by atoms with Gasteiger partial charge >= 0.3 is 106 Å². The average molecular weight is 936 g/mol. The Morgan fingerprint density at radius 3 is 2.31 bits per heavy atom. The molecular weight excluding hydrogens is 889 g/mol. The Balaban J connectivity index is 0.000000198. The quantitative estimate of drug-likeness (QED) is 0.123. The van der Waals surface area contributed by atoms with E-state index in [-0.39, 0.29) is 20.1 Å². The Labute approximate surface area is 329 Å². The average Bonchev–Trinajstić information content (AvgIpc) is 3.55. The van der Waals surface area contributed by atoms with E-state index in [1.54, 1.807) is 0 Å². The number of nitrogens with zero attached hydrogens (tertiary/aromatic N) is 2. The third-order valence-corrected chi connectivity index (χ3v) is 16.9. The summed E-state index contributed by atoms with van der Waals surface area (Å²) in [5, 5.41) is 2.66. The van der Waals surface area contributed by atoms with E-state index in [1.165, 1.54) is 85.3 Å². The summed E-state index contributed by atoms with van der Waals surface area (Å²) >= 11 is 0.0994. The first-order chi connectivity index (χ1) is 24.8. The summed E-state index contributed by atoms with van der Waals surface area (Å²) in [5.41, 5.74) is 9.70. The summed E-state index contributed by atoms with van der Waals surface area (Å²) in [6.07, 6.45) is 12.6. The summed E-state index contributed by atoms with van der Waals surface area (Å²) in [7, 11) is 0. The Morgan fingerprint density at radius 2 is 1.60 bits per heavy atom. The van der Waals surface area contributed by atoms with Crippen LogP contribution in [0.1, 0.15) is 43.2 Å². The molecule has 3 aliphatic carbocycles. The van der Waals surface area contributed by atoms with E-state index < -0.39 is 13.3 Å². The third-order valence-electron chi connectivity index (χ3n) is 11.2. The predicted molar refractivity (Wildman–Crippen MR) is 220 cm³/mol. The minimum absolute atomic E-state index is 0. The number of fused-ring (bicyclic) bond motifs is 6. The first-order valence-electron chi connectivity index (χ1n) is 18.6. The van der Waals surface area contributed by atoms with Crippen molar-refractivity contribution in [2.45, 2.75) is 62.7 Å². The van der Waals surface area contributed by atoms with Crippen LogP contribution in [-0.2, 0) is 26.5 Å². The molecule has 4 aromatic carbocycles. The van der Waals surface area contributed by atoms with Crippen molar-refractivity contribution in [1.82, 2.24) is 9.97 Å². The molecule has 52 heavy (non-hydrogen) atoms. The topological polar surface area (TPSA) is 25.8 Å². The number of aromatic nitrogens is 2. The van der Waals surface area contributed by atoms with Crippen LogP contribution >= 0.6 is 11.3 Å². The second-order valence-electron chi connectivity index (χ2n) is 15.7. The molecule has 1 radical (unpaired) electrons. The first kappa shape index (κ1) is 36.9. The van der Waals surface area contributed by atoms with Gasteiger partial charge in [-0.3, -0.25) is 0 Å². The van der Waals surface area contributed by atoms with Crippen molar-refractivity contribution in [2.75, 3.05) is 0 Å². The first-order valence-corrected chi connectivity index (χ1v) is 26.8. The van der Waals surface area contributed by atoms with Crippen molar-refractivity contribution in [3.05, 3.63) is 139 Å². The molecule has 3 saturated carbocycles. The molecule has 0 N–H and O–H groups in total. The van der Waals surface area contributed by atoms with Gasteiger partial charge in [0.25, 0.3) is 0 Å². The van der Waals surface area contributed by atoms with E-state index in [0.717, 1.165) is 40.3 Å². The summed E-state index contributed by atoms with van der Waals surface area (Å²) in [6.45, 7) is 2.19. The van der Waals surface area contributed by atoms with Gasteiger partial charge in [0, 0.05) is 31.0 Å². The van der Waals surface area contributed by atoms with E-state index in [1.807, 2.05) is 35.7 Å². The number of benzene rings is 4. The van der Waals surface area contributed by atoms with E-state index in [0.29, 0.717) is 0 Å². The predicted octanol–water partition coefficient (Wildman–Crippen LogP) is 12.4. The van der Waals surface area contributed by atoms with Gasteiger partial charge in [-0.25, -0.2) is 0 Å². The largest absolute Gasteiger partial charge is 0.305 e. The standard InChI is InChI=1S/C32H28NS.C15H18GeN.Ir/c1-2-6-24(7-3-1)26-8-5-11-30-31(26)28-10-4-9-27(32(28)34-30)29-20-22(16-17-33-29)19-25-18-21-12-14-23(25)15-13-21;1-12-10-15(13-8-6-5-7-9-13)17-11-14(12)16(2,3)4;/h1-8,10-11,16-17,20-21,23,25H,12-15,18-19H2;5-8,10-11H,1-4H3;/q2*-1;. The van der Waals surface area contributed by atoms with Crippen molar-refractivity contribution < 1.29 is 20.1 Å². The fourth-order valence-electron chi connectivity index (χ4n) is 8.69. The monoisotopic (exact) mass is 937 g/mol. The van der Waals surface area contributed by atoms with Crippen LogP contribution in [0.3, 0.4) is 0 Å². The maximum absolute atomic E-state index is 4.83. The van der Waals surface area contributed by atoms with Crippen molar-refractivity contribution >= 4 is 49.2 Å². The number of thiophene rings is 1. The van der Waals surface area contributed by atoms with E-state index in [2.05, 4.69) is 132 Å². The Hall–Kier alpha value is -3.41. The van der Waals surface area contributed by atoms with Crippen molar-refractivity contribution in [2.24, 2.45) is 17.8 Å². The zero-order valence-corrected chi connectivity index (χ0v) is 35.9. The van der Waals surface area contributed by atoms with Gasteiger partial charge in [0.2, 0.25) is 0 Å². The summed E-state index contributed by atoms with van der Waals surface area (Å²) in [5.74, 6) is 9.99. The molecule has 0 aliphatic heterocycles. The van der Waals surface area contributed by atoms with Gasteiger partial charge in [-0.05, 0) is 82.5 Å². The van der Waals surface area contributed by atoms with E-state index >= 15 is 0 Å². The van der Waals surface area contributed by atoms with Crippen molar-refractivity contribution in [3.8, 4) is 33.6 Å².